The maximum Gasteiger partial charge on any atom is 0.244 e. The van der Waals surface area contributed by atoms with E-state index in [9.17, 15) is 18.0 Å². The van der Waals surface area contributed by atoms with Crippen LogP contribution >= 0.6 is 0 Å². The van der Waals surface area contributed by atoms with Crippen molar-refractivity contribution < 1.29 is 18.0 Å². The number of carbonyl (C=O) groups excluding carboxylic acids is 2. The van der Waals surface area contributed by atoms with Crippen molar-refractivity contribution in [3.05, 3.63) is 65.2 Å². The average Bonchev–Trinajstić information content (AvgIpc) is 3.31. The van der Waals surface area contributed by atoms with Crippen LogP contribution in [0.4, 0.5) is 5.69 Å². The van der Waals surface area contributed by atoms with Gasteiger partial charge < -0.3 is 10.2 Å². The number of nitrogens with one attached hydrogen (secondary N) is 1. The van der Waals surface area contributed by atoms with Crippen LogP contribution in [-0.4, -0.2) is 50.0 Å². The molecule has 3 rings (SSSR count). The third-order valence-electron chi connectivity index (χ3n) is 6.56. The highest BCUT2D eigenvalue weighted by molar-refractivity contribution is 7.92. The summed E-state index contributed by atoms with van der Waals surface area (Å²) in [5, 5.41) is 3.12. The molecule has 1 N–H and O–H groups in total. The van der Waals surface area contributed by atoms with E-state index in [4.69, 9.17) is 0 Å². The van der Waals surface area contributed by atoms with Gasteiger partial charge in [0.1, 0.15) is 12.6 Å². The minimum absolute atomic E-state index is 0.132. The lowest BCUT2D eigenvalue weighted by Gasteiger charge is -2.33. The van der Waals surface area contributed by atoms with E-state index in [-0.39, 0.29) is 25.0 Å². The van der Waals surface area contributed by atoms with Gasteiger partial charge in [0.15, 0.2) is 0 Å². The standard InChI is InChI=1S/C27H37N3O4S/c1-5-25(27(32)28-23-8-6-7-9-23)29(18-22-14-10-20(2)11-15-22)26(31)19-30(35(4,33)34)24-16-12-21(3)13-17-24/h10-17,23,25H,5-9,18-19H2,1-4H3,(H,28,32)/t25-/m0/s1. The van der Waals surface area contributed by atoms with Gasteiger partial charge in [0.05, 0.1) is 11.9 Å². The number of nitrogens with zero attached hydrogens (tertiary/aromatic N) is 2. The number of benzene rings is 2. The van der Waals surface area contributed by atoms with Crippen LogP contribution in [0.15, 0.2) is 48.5 Å². The molecule has 0 aliphatic heterocycles. The maximum atomic E-state index is 13.7. The van der Waals surface area contributed by atoms with E-state index < -0.39 is 22.0 Å². The van der Waals surface area contributed by atoms with Gasteiger partial charge in [0.2, 0.25) is 21.8 Å². The van der Waals surface area contributed by atoms with E-state index in [1.807, 2.05) is 57.2 Å². The van der Waals surface area contributed by atoms with Gasteiger partial charge in [-0.15, -0.1) is 0 Å². The monoisotopic (exact) mass is 499 g/mol. The number of carbonyl (C=O) groups is 2. The van der Waals surface area contributed by atoms with Crippen molar-refractivity contribution in [1.29, 1.82) is 0 Å². The van der Waals surface area contributed by atoms with Gasteiger partial charge in [-0.05, 0) is 50.8 Å². The molecular formula is C27H37N3O4S. The van der Waals surface area contributed by atoms with Crippen LogP contribution in [0.25, 0.3) is 0 Å². The molecule has 0 bridgehead atoms. The van der Waals surface area contributed by atoms with Crippen LogP contribution < -0.4 is 9.62 Å². The second-order valence-corrected chi connectivity index (χ2v) is 11.4. The predicted molar refractivity (Wildman–Crippen MR) is 140 cm³/mol. The molecule has 0 spiro atoms. The second-order valence-electron chi connectivity index (χ2n) is 9.53. The van der Waals surface area contributed by atoms with E-state index in [0.29, 0.717) is 12.1 Å². The van der Waals surface area contributed by atoms with Gasteiger partial charge >= 0.3 is 0 Å². The van der Waals surface area contributed by atoms with Gasteiger partial charge in [0, 0.05) is 12.6 Å². The van der Waals surface area contributed by atoms with Gasteiger partial charge in [-0.3, -0.25) is 13.9 Å². The molecule has 0 aromatic heterocycles. The molecule has 0 unspecified atom stereocenters. The van der Waals surface area contributed by atoms with Gasteiger partial charge in [0.25, 0.3) is 0 Å². The first-order valence-electron chi connectivity index (χ1n) is 12.3. The van der Waals surface area contributed by atoms with Crippen LogP contribution in [-0.2, 0) is 26.2 Å². The minimum atomic E-state index is -3.72. The van der Waals surface area contributed by atoms with Crippen molar-refractivity contribution in [2.75, 3.05) is 17.1 Å². The fraction of sp³-hybridized carbons (Fsp3) is 0.481. The summed E-state index contributed by atoms with van der Waals surface area (Å²) in [4.78, 5) is 28.5. The summed E-state index contributed by atoms with van der Waals surface area (Å²) >= 11 is 0. The highest BCUT2D eigenvalue weighted by Gasteiger charge is 2.33. The van der Waals surface area contributed by atoms with Crippen LogP contribution in [0.3, 0.4) is 0 Å². The molecule has 2 aromatic carbocycles. The Morgan fingerprint density at radius 1 is 0.971 bits per heavy atom. The van der Waals surface area contributed by atoms with Crippen LogP contribution in [0.2, 0.25) is 0 Å². The van der Waals surface area contributed by atoms with Crippen molar-refractivity contribution in [2.45, 2.75) is 71.5 Å². The quantitative estimate of drug-likeness (QED) is 0.537. The fourth-order valence-corrected chi connectivity index (χ4v) is 5.35. The van der Waals surface area contributed by atoms with Crippen molar-refractivity contribution in [2.24, 2.45) is 0 Å². The normalized spacial score (nSPS) is 15.0. The van der Waals surface area contributed by atoms with Gasteiger partial charge in [-0.25, -0.2) is 8.42 Å². The summed E-state index contributed by atoms with van der Waals surface area (Å²) in [5.41, 5.74) is 3.40. The Kier molecular flexibility index (Phi) is 8.94. The largest absolute Gasteiger partial charge is 0.352 e. The molecule has 0 heterocycles. The average molecular weight is 500 g/mol. The first-order valence-corrected chi connectivity index (χ1v) is 14.1. The van der Waals surface area contributed by atoms with E-state index in [1.165, 1.54) is 4.90 Å². The van der Waals surface area contributed by atoms with Crippen LogP contribution in [0, 0.1) is 13.8 Å². The van der Waals surface area contributed by atoms with E-state index in [1.54, 1.807) is 12.1 Å². The molecule has 7 nitrogen and oxygen atoms in total. The zero-order valence-corrected chi connectivity index (χ0v) is 22.0. The lowest BCUT2D eigenvalue weighted by atomic mass is 10.1. The molecule has 0 saturated heterocycles. The highest BCUT2D eigenvalue weighted by Crippen LogP contribution is 2.22. The van der Waals surface area contributed by atoms with Crippen molar-refractivity contribution in [3.63, 3.8) is 0 Å². The third-order valence-corrected chi connectivity index (χ3v) is 7.70. The highest BCUT2D eigenvalue weighted by atomic mass is 32.2. The Morgan fingerprint density at radius 2 is 1.51 bits per heavy atom. The van der Waals surface area contributed by atoms with Crippen molar-refractivity contribution in [3.8, 4) is 0 Å². The number of amides is 2. The molecule has 2 amide bonds. The Hall–Kier alpha value is -2.87. The number of sulfonamides is 1. The molecule has 8 heteroatoms. The smallest absolute Gasteiger partial charge is 0.244 e. The first-order chi connectivity index (χ1) is 16.6. The summed E-state index contributed by atoms with van der Waals surface area (Å²) in [5.74, 6) is -0.592. The van der Waals surface area contributed by atoms with Crippen molar-refractivity contribution >= 4 is 27.5 Å². The zero-order chi connectivity index (χ0) is 25.6. The number of rotatable bonds is 10. The molecule has 1 aliphatic rings. The number of hydrogen-bond acceptors (Lipinski definition) is 4. The SMILES string of the molecule is CC[C@@H](C(=O)NC1CCCC1)N(Cc1ccc(C)cc1)C(=O)CN(c1ccc(C)cc1)S(C)(=O)=O. The van der Waals surface area contributed by atoms with Gasteiger partial charge in [-0.1, -0.05) is 67.3 Å². The lowest BCUT2D eigenvalue weighted by molar-refractivity contribution is -0.140. The molecule has 1 fully saturated rings. The Labute approximate surface area is 209 Å². The maximum absolute atomic E-state index is 13.7. The van der Waals surface area contributed by atoms with Crippen LogP contribution in [0.1, 0.15) is 55.7 Å². The summed E-state index contributed by atoms with van der Waals surface area (Å²) in [6, 6.07) is 14.3. The summed E-state index contributed by atoms with van der Waals surface area (Å²) < 4.78 is 26.4. The second kappa shape index (κ2) is 11.7. The van der Waals surface area contributed by atoms with E-state index >= 15 is 0 Å². The molecule has 2 aromatic rings. The van der Waals surface area contributed by atoms with Crippen molar-refractivity contribution in [1.82, 2.24) is 10.2 Å². The topological polar surface area (TPSA) is 86.8 Å². The molecule has 1 aliphatic carbocycles. The Balaban J connectivity index is 1.90. The number of hydrogen-bond donors (Lipinski definition) is 1. The third kappa shape index (κ3) is 7.31. The van der Waals surface area contributed by atoms with E-state index in [2.05, 4.69) is 5.32 Å². The summed E-state index contributed by atoms with van der Waals surface area (Å²) in [7, 11) is -3.72. The lowest BCUT2D eigenvalue weighted by Crippen LogP contribution is -2.53. The molecule has 0 radical (unpaired) electrons. The molecule has 1 saturated carbocycles. The predicted octanol–water partition coefficient (Wildman–Crippen LogP) is 3.94. The fourth-order valence-electron chi connectivity index (χ4n) is 4.50. The molecule has 1 atom stereocenters. The summed E-state index contributed by atoms with van der Waals surface area (Å²) in [6.45, 7) is 5.63. The number of aryl methyl sites for hydroxylation is 2. The first kappa shape index (κ1) is 26.7. The van der Waals surface area contributed by atoms with Gasteiger partial charge in [-0.2, -0.15) is 0 Å². The van der Waals surface area contributed by atoms with E-state index in [0.717, 1.165) is 52.9 Å². The summed E-state index contributed by atoms with van der Waals surface area (Å²) in [6.07, 6.45) is 5.60. The molecular weight excluding hydrogens is 462 g/mol. The molecule has 190 valence electrons. The zero-order valence-electron chi connectivity index (χ0n) is 21.2. The molecule has 35 heavy (non-hydrogen) atoms. The van der Waals surface area contributed by atoms with Crippen LogP contribution in [0.5, 0.6) is 0 Å². The Bertz CT molecular complexity index is 1110. The Morgan fingerprint density at radius 3 is 2.03 bits per heavy atom. The minimum Gasteiger partial charge on any atom is -0.352 e. The number of anilines is 1.